The van der Waals surface area contributed by atoms with Gasteiger partial charge < -0.3 is 19.2 Å². The van der Waals surface area contributed by atoms with Crippen molar-refractivity contribution >= 4 is 17.3 Å². The van der Waals surface area contributed by atoms with Gasteiger partial charge in [-0.15, -0.1) is 10.2 Å². The normalized spacial score (nSPS) is 11.7. The smallest absolute Gasteiger partial charge is 0.339 e. The van der Waals surface area contributed by atoms with E-state index in [0.717, 1.165) is 11.6 Å². The van der Waals surface area contributed by atoms with Crippen LogP contribution in [0.5, 0.6) is 0 Å². The summed E-state index contributed by atoms with van der Waals surface area (Å²) < 4.78 is 15.8. The molecule has 1 unspecified atom stereocenters. The lowest BCUT2D eigenvalue weighted by Gasteiger charge is -2.11. The summed E-state index contributed by atoms with van der Waals surface area (Å²) in [6, 6.07) is 13.2. The van der Waals surface area contributed by atoms with Gasteiger partial charge in [0, 0.05) is 25.3 Å². The lowest BCUT2D eigenvalue weighted by atomic mass is 10.1. The molecule has 0 bridgehead atoms. The third-order valence-electron chi connectivity index (χ3n) is 4.14. The molecule has 1 heterocycles. The molecule has 10 nitrogen and oxygen atoms in total. The fraction of sp³-hybridized carbons (Fsp3) is 0.250. The van der Waals surface area contributed by atoms with Gasteiger partial charge in [0.1, 0.15) is 5.69 Å². The minimum absolute atomic E-state index is 0.0358. The first-order chi connectivity index (χ1) is 14.5. The van der Waals surface area contributed by atoms with Crippen LogP contribution in [0.15, 0.2) is 52.9 Å². The van der Waals surface area contributed by atoms with Crippen molar-refractivity contribution in [2.24, 2.45) is 0 Å². The van der Waals surface area contributed by atoms with E-state index in [1.165, 1.54) is 19.2 Å². The fourth-order valence-electron chi connectivity index (χ4n) is 2.62. The van der Waals surface area contributed by atoms with Gasteiger partial charge in [-0.2, -0.15) is 0 Å². The summed E-state index contributed by atoms with van der Waals surface area (Å²) in [7, 11) is 1.53. The first-order valence-corrected chi connectivity index (χ1v) is 9.10. The van der Waals surface area contributed by atoms with Crippen LogP contribution >= 0.6 is 0 Å². The van der Waals surface area contributed by atoms with Crippen molar-refractivity contribution in [3.63, 3.8) is 0 Å². The number of methoxy groups -OCH3 is 1. The highest BCUT2D eigenvalue weighted by atomic mass is 16.6. The van der Waals surface area contributed by atoms with Crippen LogP contribution in [-0.4, -0.2) is 41.4 Å². The molecule has 2 aromatic carbocycles. The molecule has 0 saturated carbocycles. The van der Waals surface area contributed by atoms with E-state index < -0.39 is 17.0 Å². The molecule has 156 valence electrons. The number of rotatable bonds is 9. The van der Waals surface area contributed by atoms with Crippen molar-refractivity contribution in [3.8, 4) is 11.5 Å². The van der Waals surface area contributed by atoms with E-state index in [1.54, 1.807) is 6.92 Å². The van der Waals surface area contributed by atoms with Crippen LogP contribution in [-0.2, 0) is 9.47 Å². The van der Waals surface area contributed by atoms with Crippen molar-refractivity contribution in [3.05, 3.63) is 70.1 Å². The quantitative estimate of drug-likeness (QED) is 0.242. The number of hydrogen-bond donors (Lipinski definition) is 1. The van der Waals surface area contributed by atoms with Crippen molar-refractivity contribution < 1.29 is 23.6 Å². The van der Waals surface area contributed by atoms with Gasteiger partial charge in [0.2, 0.25) is 5.89 Å². The standard InChI is InChI=1S/C20H20N4O6/c1-13(18-22-23-19(30-18)14-6-4-3-5-7-14)29-20(25)15-8-9-16(21-10-11-28-2)17(12-15)24(26)27/h3-9,12-13,21H,10-11H2,1-2H3. The molecule has 0 aliphatic carbocycles. The minimum Gasteiger partial charge on any atom is -0.449 e. The van der Waals surface area contributed by atoms with E-state index in [4.69, 9.17) is 13.9 Å². The number of anilines is 1. The molecule has 10 heteroatoms. The van der Waals surface area contributed by atoms with E-state index in [1.807, 2.05) is 30.3 Å². The van der Waals surface area contributed by atoms with E-state index in [9.17, 15) is 14.9 Å². The molecule has 1 aromatic heterocycles. The summed E-state index contributed by atoms with van der Waals surface area (Å²) in [6.45, 7) is 2.35. The third kappa shape index (κ3) is 4.97. The average molecular weight is 412 g/mol. The first-order valence-electron chi connectivity index (χ1n) is 9.10. The van der Waals surface area contributed by atoms with Crippen LogP contribution < -0.4 is 5.32 Å². The highest BCUT2D eigenvalue weighted by Gasteiger charge is 2.23. The number of carbonyl (C=O) groups excluding carboxylic acids is 1. The number of benzene rings is 2. The van der Waals surface area contributed by atoms with Gasteiger partial charge in [0.05, 0.1) is 17.1 Å². The van der Waals surface area contributed by atoms with Gasteiger partial charge in [-0.3, -0.25) is 10.1 Å². The molecule has 0 aliphatic rings. The number of nitrogens with zero attached hydrogens (tertiary/aromatic N) is 3. The molecule has 3 rings (SSSR count). The van der Waals surface area contributed by atoms with E-state index in [0.29, 0.717) is 19.0 Å². The number of nitro benzene ring substituents is 1. The zero-order valence-corrected chi connectivity index (χ0v) is 16.4. The number of nitrogens with one attached hydrogen (secondary N) is 1. The first kappa shape index (κ1) is 20.9. The van der Waals surface area contributed by atoms with Crippen LogP contribution in [0.3, 0.4) is 0 Å². The molecule has 0 fully saturated rings. The molecule has 1 N–H and O–H groups in total. The Balaban J connectivity index is 1.71. The maximum atomic E-state index is 12.5. The van der Waals surface area contributed by atoms with E-state index in [2.05, 4.69) is 15.5 Å². The summed E-state index contributed by atoms with van der Waals surface area (Å²) in [6.07, 6.45) is -0.832. The summed E-state index contributed by atoms with van der Waals surface area (Å²) in [4.78, 5) is 23.3. The zero-order chi connectivity index (χ0) is 21.5. The van der Waals surface area contributed by atoms with Gasteiger partial charge in [-0.05, 0) is 31.2 Å². The highest BCUT2D eigenvalue weighted by Crippen LogP contribution is 2.27. The second-order valence-electron chi connectivity index (χ2n) is 6.27. The fourth-order valence-corrected chi connectivity index (χ4v) is 2.62. The largest absolute Gasteiger partial charge is 0.449 e. The zero-order valence-electron chi connectivity index (χ0n) is 16.4. The summed E-state index contributed by atoms with van der Waals surface area (Å²) in [5.74, 6) is -0.321. The lowest BCUT2D eigenvalue weighted by molar-refractivity contribution is -0.384. The molecular weight excluding hydrogens is 392 g/mol. The molecule has 1 atom stereocenters. The van der Waals surface area contributed by atoms with Crippen LogP contribution in [0, 0.1) is 10.1 Å². The van der Waals surface area contributed by atoms with Crippen molar-refractivity contribution in [1.29, 1.82) is 0 Å². The van der Waals surface area contributed by atoms with Crippen LogP contribution in [0.25, 0.3) is 11.5 Å². The Labute approximate surface area is 172 Å². The Kier molecular flexibility index (Phi) is 6.71. The Morgan fingerprint density at radius 1 is 1.23 bits per heavy atom. The van der Waals surface area contributed by atoms with Gasteiger partial charge >= 0.3 is 5.97 Å². The Morgan fingerprint density at radius 2 is 2.00 bits per heavy atom. The lowest BCUT2D eigenvalue weighted by Crippen LogP contribution is -2.12. The number of esters is 1. The number of aromatic nitrogens is 2. The highest BCUT2D eigenvalue weighted by molar-refractivity contribution is 5.91. The van der Waals surface area contributed by atoms with Gasteiger partial charge in [0.15, 0.2) is 6.10 Å². The van der Waals surface area contributed by atoms with Crippen LogP contribution in [0.4, 0.5) is 11.4 Å². The number of carbonyl (C=O) groups is 1. The van der Waals surface area contributed by atoms with E-state index >= 15 is 0 Å². The Bertz CT molecular complexity index is 1020. The van der Waals surface area contributed by atoms with Crippen molar-refractivity contribution in [2.45, 2.75) is 13.0 Å². The summed E-state index contributed by atoms with van der Waals surface area (Å²) in [5, 5.41) is 22.1. The number of nitro groups is 1. The predicted molar refractivity (Wildman–Crippen MR) is 107 cm³/mol. The maximum absolute atomic E-state index is 12.5. The molecule has 0 radical (unpaired) electrons. The monoisotopic (exact) mass is 412 g/mol. The summed E-state index contributed by atoms with van der Waals surface area (Å²) >= 11 is 0. The van der Waals surface area contributed by atoms with E-state index in [-0.39, 0.29) is 22.8 Å². The molecule has 3 aromatic rings. The number of ether oxygens (including phenoxy) is 2. The number of hydrogen-bond acceptors (Lipinski definition) is 9. The van der Waals surface area contributed by atoms with Crippen LogP contribution in [0.1, 0.15) is 29.3 Å². The topological polar surface area (TPSA) is 130 Å². The second-order valence-corrected chi connectivity index (χ2v) is 6.27. The van der Waals surface area contributed by atoms with Crippen molar-refractivity contribution in [2.75, 3.05) is 25.6 Å². The van der Waals surface area contributed by atoms with Crippen molar-refractivity contribution in [1.82, 2.24) is 10.2 Å². The minimum atomic E-state index is -0.832. The second kappa shape index (κ2) is 9.61. The van der Waals surface area contributed by atoms with Crippen LogP contribution in [0.2, 0.25) is 0 Å². The summed E-state index contributed by atoms with van der Waals surface area (Å²) in [5.41, 5.74) is 0.819. The Morgan fingerprint density at radius 3 is 2.70 bits per heavy atom. The average Bonchev–Trinajstić information content (AvgIpc) is 3.25. The molecular formula is C20H20N4O6. The molecule has 0 spiro atoms. The van der Waals surface area contributed by atoms with Gasteiger partial charge in [0.25, 0.3) is 11.6 Å². The molecule has 0 amide bonds. The maximum Gasteiger partial charge on any atom is 0.339 e. The SMILES string of the molecule is COCCNc1ccc(C(=O)OC(C)c2nnc(-c3ccccc3)o2)cc1[N+](=O)[O-]. The van der Waals surface area contributed by atoms with Gasteiger partial charge in [-0.1, -0.05) is 18.2 Å². The Hall–Kier alpha value is -3.79. The predicted octanol–water partition coefficient (Wildman–Crippen LogP) is 3.62. The third-order valence-corrected chi connectivity index (χ3v) is 4.14. The molecule has 0 aliphatic heterocycles. The van der Waals surface area contributed by atoms with Gasteiger partial charge in [-0.25, -0.2) is 4.79 Å². The molecule has 0 saturated heterocycles. The molecule has 30 heavy (non-hydrogen) atoms.